The molecule has 0 fully saturated rings. The molecule has 0 aliphatic heterocycles. The summed E-state index contributed by atoms with van der Waals surface area (Å²) in [6.07, 6.45) is 0.0235. The topological polar surface area (TPSA) is 124 Å². The third kappa shape index (κ3) is 2.23. The molecule has 0 aliphatic rings. The Kier molecular flexibility index (Phi) is 3.82. The maximum atomic E-state index is 11.0. The number of hydrogen-bond acceptors (Lipinski definition) is 5. The second-order valence-electron chi connectivity index (χ2n) is 3.26. The molecule has 0 spiro atoms. The van der Waals surface area contributed by atoms with Crippen molar-refractivity contribution in [2.24, 2.45) is 0 Å². The van der Waals surface area contributed by atoms with Gasteiger partial charge >= 0.3 is 5.97 Å². The quantitative estimate of drug-likeness (QED) is 0.664. The molecule has 0 amide bonds. The van der Waals surface area contributed by atoms with E-state index >= 15 is 0 Å². The Labute approximate surface area is 105 Å². The van der Waals surface area contributed by atoms with E-state index in [-0.39, 0.29) is 12.0 Å². The van der Waals surface area contributed by atoms with Crippen molar-refractivity contribution < 1.29 is 19.7 Å². The van der Waals surface area contributed by atoms with Crippen molar-refractivity contribution in [3.63, 3.8) is 0 Å². The number of carboxylic acid groups (broad SMARTS) is 1. The molecule has 0 saturated carbocycles. The number of benzene rings is 1. The molecule has 0 aliphatic carbocycles. The van der Waals surface area contributed by atoms with Crippen molar-refractivity contribution in [2.75, 3.05) is 0 Å². The van der Waals surface area contributed by atoms with Gasteiger partial charge in [-0.2, -0.15) is 0 Å². The van der Waals surface area contributed by atoms with Gasteiger partial charge in [-0.25, -0.2) is 4.79 Å². The monoisotopic (exact) mass is 274 g/mol. The molecule has 1 rings (SSSR count). The number of aromatic carboxylic acids is 1. The summed E-state index contributed by atoms with van der Waals surface area (Å²) >= 11 is 5.58. The van der Waals surface area contributed by atoms with Crippen LogP contribution in [-0.4, -0.2) is 20.9 Å². The zero-order chi connectivity index (χ0) is 14.0. The van der Waals surface area contributed by atoms with Crippen molar-refractivity contribution in [1.82, 2.24) is 0 Å². The van der Waals surface area contributed by atoms with Crippen LogP contribution in [0.5, 0.6) is 0 Å². The minimum absolute atomic E-state index is 0.0235. The number of hydrogen-bond donors (Lipinski definition) is 1. The van der Waals surface area contributed by atoms with Crippen molar-refractivity contribution in [1.29, 1.82) is 0 Å². The van der Waals surface area contributed by atoms with Gasteiger partial charge in [-0.05, 0) is 6.42 Å². The van der Waals surface area contributed by atoms with E-state index in [0.717, 1.165) is 6.07 Å². The van der Waals surface area contributed by atoms with Crippen LogP contribution in [-0.2, 0) is 6.42 Å². The maximum absolute atomic E-state index is 11.0. The third-order valence-electron chi connectivity index (χ3n) is 2.29. The Bertz CT molecular complexity index is 556. The van der Waals surface area contributed by atoms with E-state index in [2.05, 4.69) is 0 Å². The predicted molar refractivity (Wildman–Crippen MR) is 61.1 cm³/mol. The van der Waals surface area contributed by atoms with Gasteiger partial charge in [-0.15, -0.1) is 0 Å². The number of rotatable bonds is 4. The van der Waals surface area contributed by atoms with Crippen molar-refractivity contribution in [2.45, 2.75) is 13.3 Å². The fourth-order valence-electron chi connectivity index (χ4n) is 1.54. The smallest absolute Gasteiger partial charge is 0.336 e. The molecule has 0 bridgehead atoms. The van der Waals surface area contributed by atoms with E-state index in [1.54, 1.807) is 0 Å². The summed E-state index contributed by atoms with van der Waals surface area (Å²) in [5.74, 6) is -1.48. The molecule has 96 valence electrons. The van der Waals surface area contributed by atoms with Crippen LogP contribution in [0.1, 0.15) is 22.8 Å². The van der Waals surface area contributed by atoms with E-state index in [1.807, 2.05) is 0 Å². The SMILES string of the molecule is CCc1c(C(=O)O)cc([N+](=O)[O-])c(Cl)c1[N+](=O)[O-]. The van der Waals surface area contributed by atoms with Crippen molar-refractivity contribution in [3.05, 3.63) is 42.4 Å². The van der Waals surface area contributed by atoms with Crippen LogP contribution >= 0.6 is 11.6 Å². The first kappa shape index (κ1) is 13.8. The fourth-order valence-corrected chi connectivity index (χ4v) is 1.85. The molecular weight excluding hydrogens is 268 g/mol. The van der Waals surface area contributed by atoms with Gasteiger partial charge in [-0.3, -0.25) is 20.2 Å². The standard InChI is InChI=1S/C9H7ClN2O6/c1-2-4-5(9(13)14)3-6(11(15)16)7(10)8(4)12(17)18/h3H,2H2,1H3,(H,13,14). The molecular formula is C9H7ClN2O6. The van der Waals surface area contributed by atoms with Gasteiger partial charge in [0.1, 0.15) is 0 Å². The number of carbonyl (C=O) groups is 1. The van der Waals surface area contributed by atoms with Crippen molar-refractivity contribution >= 4 is 28.9 Å². The number of nitro groups is 2. The number of nitrogens with zero attached hydrogens (tertiary/aromatic N) is 2. The fraction of sp³-hybridized carbons (Fsp3) is 0.222. The summed E-state index contributed by atoms with van der Waals surface area (Å²) in [7, 11) is 0. The van der Waals surface area contributed by atoms with Gasteiger partial charge in [0.2, 0.25) is 0 Å². The summed E-state index contributed by atoms with van der Waals surface area (Å²) in [5, 5.41) is 29.8. The highest BCUT2D eigenvalue weighted by atomic mass is 35.5. The Morgan fingerprint density at radius 1 is 1.39 bits per heavy atom. The third-order valence-corrected chi connectivity index (χ3v) is 2.66. The van der Waals surface area contributed by atoms with Crippen LogP contribution < -0.4 is 0 Å². The first-order chi connectivity index (χ1) is 8.31. The molecule has 1 N–H and O–H groups in total. The summed E-state index contributed by atoms with van der Waals surface area (Å²) in [6.45, 7) is 1.50. The van der Waals surface area contributed by atoms with Gasteiger partial charge in [0.25, 0.3) is 11.4 Å². The second kappa shape index (κ2) is 4.96. The van der Waals surface area contributed by atoms with Gasteiger partial charge < -0.3 is 5.11 Å². The number of nitro benzene ring substituents is 2. The average Bonchev–Trinajstić information content (AvgIpc) is 2.26. The van der Waals surface area contributed by atoms with Crippen LogP contribution in [0.2, 0.25) is 5.02 Å². The van der Waals surface area contributed by atoms with Crippen LogP contribution in [0.25, 0.3) is 0 Å². The first-order valence-electron chi connectivity index (χ1n) is 4.68. The van der Waals surface area contributed by atoms with Gasteiger partial charge in [0, 0.05) is 11.6 Å². The van der Waals surface area contributed by atoms with E-state index < -0.39 is 37.8 Å². The number of carboxylic acids is 1. The van der Waals surface area contributed by atoms with E-state index in [4.69, 9.17) is 16.7 Å². The lowest BCUT2D eigenvalue weighted by Crippen LogP contribution is -2.08. The Morgan fingerprint density at radius 2 is 1.94 bits per heavy atom. The molecule has 8 nitrogen and oxygen atoms in total. The second-order valence-corrected chi connectivity index (χ2v) is 3.64. The van der Waals surface area contributed by atoms with Crippen LogP contribution in [0.4, 0.5) is 11.4 Å². The van der Waals surface area contributed by atoms with E-state index in [0.29, 0.717) is 0 Å². The van der Waals surface area contributed by atoms with Crippen LogP contribution in [0.3, 0.4) is 0 Å². The molecule has 1 aromatic rings. The molecule has 0 heterocycles. The summed E-state index contributed by atoms with van der Waals surface area (Å²) in [4.78, 5) is 30.6. The van der Waals surface area contributed by atoms with Crippen LogP contribution in [0.15, 0.2) is 6.07 Å². The van der Waals surface area contributed by atoms with E-state index in [9.17, 15) is 25.0 Å². The number of halogens is 1. The lowest BCUT2D eigenvalue weighted by Gasteiger charge is -2.06. The largest absolute Gasteiger partial charge is 0.478 e. The molecule has 0 radical (unpaired) electrons. The van der Waals surface area contributed by atoms with Gasteiger partial charge in [-0.1, -0.05) is 18.5 Å². The van der Waals surface area contributed by atoms with E-state index in [1.165, 1.54) is 6.92 Å². The minimum atomic E-state index is -1.48. The van der Waals surface area contributed by atoms with Gasteiger partial charge in [0.05, 0.1) is 15.4 Å². The van der Waals surface area contributed by atoms with Gasteiger partial charge in [0.15, 0.2) is 5.02 Å². The summed E-state index contributed by atoms with van der Waals surface area (Å²) < 4.78 is 0. The van der Waals surface area contributed by atoms with Crippen molar-refractivity contribution in [3.8, 4) is 0 Å². The highest BCUT2D eigenvalue weighted by molar-refractivity contribution is 6.35. The predicted octanol–water partition coefficient (Wildman–Crippen LogP) is 2.42. The molecule has 0 atom stereocenters. The first-order valence-corrected chi connectivity index (χ1v) is 5.06. The maximum Gasteiger partial charge on any atom is 0.336 e. The molecule has 1 aromatic carbocycles. The highest BCUT2D eigenvalue weighted by Crippen LogP contribution is 2.39. The molecule has 18 heavy (non-hydrogen) atoms. The minimum Gasteiger partial charge on any atom is -0.478 e. The lowest BCUT2D eigenvalue weighted by molar-refractivity contribution is -0.394. The zero-order valence-electron chi connectivity index (χ0n) is 9.05. The summed E-state index contributed by atoms with van der Waals surface area (Å²) in [6, 6.07) is 0.733. The highest BCUT2D eigenvalue weighted by Gasteiger charge is 2.32. The Morgan fingerprint density at radius 3 is 2.28 bits per heavy atom. The average molecular weight is 275 g/mol. The zero-order valence-corrected chi connectivity index (χ0v) is 9.80. The summed E-state index contributed by atoms with van der Waals surface area (Å²) in [5.41, 5.74) is -2.15. The molecule has 9 heteroatoms. The van der Waals surface area contributed by atoms with Crippen LogP contribution in [0, 0.1) is 20.2 Å². The molecule has 0 unspecified atom stereocenters. The lowest BCUT2D eigenvalue weighted by atomic mass is 10.0. The Balaban J connectivity index is 3.81. The molecule has 0 aromatic heterocycles. The normalized spacial score (nSPS) is 10.1. The molecule has 0 saturated heterocycles. The Hall–Kier alpha value is -2.22.